The van der Waals surface area contributed by atoms with Crippen molar-refractivity contribution in [1.82, 2.24) is 14.9 Å². The summed E-state index contributed by atoms with van der Waals surface area (Å²) in [5.74, 6) is 0. The first-order chi connectivity index (χ1) is 6.39. The fraction of sp³-hybridized carbons (Fsp3) is 0.500. The molecule has 0 aliphatic carbocycles. The summed E-state index contributed by atoms with van der Waals surface area (Å²) < 4.78 is 1.89. The minimum Gasteiger partial charge on any atom is -0.341 e. The molecule has 3 heteroatoms. The van der Waals surface area contributed by atoms with Crippen LogP contribution in [0.25, 0.3) is 0 Å². The summed E-state index contributed by atoms with van der Waals surface area (Å²) in [4.78, 5) is 3.78. The molecule has 0 unspecified atom stereocenters. The Labute approximate surface area is 80.2 Å². The maximum absolute atomic E-state index is 4.00. The molecule has 0 amide bonds. The summed E-state index contributed by atoms with van der Waals surface area (Å²) in [6, 6.07) is 0. The average molecular weight is 179 g/mol. The lowest BCUT2D eigenvalue weighted by molar-refractivity contribution is 0.857. The van der Waals surface area contributed by atoms with Crippen molar-refractivity contribution in [3.05, 3.63) is 18.7 Å². The number of hydrogen-bond donors (Lipinski definition) is 1. The van der Waals surface area contributed by atoms with Gasteiger partial charge >= 0.3 is 0 Å². The highest BCUT2D eigenvalue weighted by atomic mass is 15.0. The van der Waals surface area contributed by atoms with E-state index in [0.29, 0.717) is 0 Å². The van der Waals surface area contributed by atoms with E-state index in [1.165, 1.54) is 25.9 Å². The van der Waals surface area contributed by atoms with E-state index in [-0.39, 0.29) is 0 Å². The van der Waals surface area contributed by atoms with E-state index in [0.717, 1.165) is 0 Å². The number of imidazole rings is 1. The van der Waals surface area contributed by atoms with Crippen molar-refractivity contribution in [2.75, 3.05) is 13.1 Å². The minimum atomic E-state index is 1.25. The second-order valence-electron chi connectivity index (χ2n) is 2.69. The second kappa shape index (κ2) is 8.82. The summed E-state index contributed by atoms with van der Waals surface area (Å²) in [6.45, 7) is 2.50. The maximum Gasteiger partial charge on any atom is 0.0943 e. The molecule has 0 bridgehead atoms. The first-order valence-electron chi connectivity index (χ1n) is 4.35. The van der Waals surface area contributed by atoms with Crippen LogP contribution < -0.4 is 5.32 Å². The van der Waals surface area contributed by atoms with Crippen LogP contribution in [0.2, 0.25) is 0 Å². The summed E-state index contributed by atoms with van der Waals surface area (Å²) in [5.41, 5.74) is 0. The molecule has 1 aromatic heterocycles. The molecular formula is C10H17N3. The Morgan fingerprint density at radius 2 is 1.92 bits per heavy atom. The zero-order valence-corrected chi connectivity index (χ0v) is 8.11. The van der Waals surface area contributed by atoms with E-state index in [2.05, 4.69) is 23.1 Å². The van der Waals surface area contributed by atoms with Gasteiger partial charge in [0.05, 0.1) is 6.33 Å². The molecule has 3 nitrogen and oxygen atoms in total. The van der Waals surface area contributed by atoms with Crippen molar-refractivity contribution in [3.8, 4) is 12.8 Å². The summed E-state index contributed by atoms with van der Waals surface area (Å²) in [7, 11) is 1.94. The van der Waals surface area contributed by atoms with E-state index in [4.69, 9.17) is 0 Å². The van der Waals surface area contributed by atoms with Crippen LogP contribution in [0.15, 0.2) is 18.7 Å². The van der Waals surface area contributed by atoms with Crippen molar-refractivity contribution >= 4 is 0 Å². The third-order valence-electron chi connectivity index (χ3n) is 1.59. The quantitative estimate of drug-likeness (QED) is 0.603. The van der Waals surface area contributed by atoms with Gasteiger partial charge < -0.3 is 9.88 Å². The van der Waals surface area contributed by atoms with Crippen LogP contribution in [-0.4, -0.2) is 22.6 Å². The Balaban J connectivity index is 0.000000189. The zero-order valence-electron chi connectivity index (χ0n) is 8.11. The molecule has 0 aromatic carbocycles. The molecule has 0 spiro atoms. The Bertz CT molecular complexity index is 190. The van der Waals surface area contributed by atoms with Crippen molar-refractivity contribution < 1.29 is 0 Å². The lowest BCUT2D eigenvalue weighted by atomic mass is 10.4. The highest BCUT2D eigenvalue weighted by Crippen LogP contribution is 1.90. The fourth-order valence-electron chi connectivity index (χ4n) is 0.951. The molecule has 1 aliphatic rings. The number of hydrogen-bond acceptors (Lipinski definition) is 2. The van der Waals surface area contributed by atoms with Crippen molar-refractivity contribution in [2.24, 2.45) is 7.05 Å². The third kappa shape index (κ3) is 7.10. The summed E-state index contributed by atoms with van der Waals surface area (Å²) >= 11 is 0. The monoisotopic (exact) mass is 179 g/mol. The molecule has 1 saturated heterocycles. The minimum absolute atomic E-state index is 1.25. The second-order valence-corrected chi connectivity index (χ2v) is 2.69. The molecule has 2 rings (SSSR count). The van der Waals surface area contributed by atoms with E-state index < -0.39 is 0 Å². The fourth-order valence-corrected chi connectivity index (χ4v) is 0.951. The zero-order chi connectivity index (χ0) is 9.94. The number of rotatable bonds is 0. The predicted octanol–water partition coefficient (Wildman–Crippen LogP) is 1.04. The smallest absolute Gasteiger partial charge is 0.0943 e. The standard InChI is InChI=1S/C4H6N2.C4H9N.C2H2/c1-6-3-2-5-4-6;1-2-4-5-3-1;1-2/h2-4H,1H3;5H,1-4H2;1-2H. The van der Waals surface area contributed by atoms with Gasteiger partial charge in [-0.2, -0.15) is 0 Å². The van der Waals surface area contributed by atoms with E-state index >= 15 is 0 Å². The van der Waals surface area contributed by atoms with Gasteiger partial charge in [-0.3, -0.25) is 0 Å². The largest absolute Gasteiger partial charge is 0.341 e. The van der Waals surface area contributed by atoms with Gasteiger partial charge in [-0.25, -0.2) is 4.98 Å². The number of nitrogens with one attached hydrogen (secondary N) is 1. The summed E-state index contributed by atoms with van der Waals surface area (Å²) in [6.07, 6.45) is 16.2. The first kappa shape index (κ1) is 11.7. The van der Waals surface area contributed by atoms with Crippen LogP contribution >= 0.6 is 0 Å². The molecule has 13 heavy (non-hydrogen) atoms. The van der Waals surface area contributed by atoms with Crippen molar-refractivity contribution in [1.29, 1.82) is 0 Å². The van der Waals surface area contributed by atoms with Crippen molar-refractivity contribution in [3.63, 3.8) is 0 Å². The van der Waals surface area contributed by atoms with Gasteiger partial charge in [0, 0.05) is 19.4 Å². The number of aromatic nitrogens is 2. The topological polar surface area (TPSA) is 29.9 Å². The van der Waals surface area contributed by atoms with Gasteiger partial charge in [0.2, 0.25) is 0 Å². The van der Waals surface area contributed by atoms with Gasteiger partial charge in [0.25, 0.3) is 0 Å². The highest BCUT2D eigenvalue weighted by molar-refractivity contribution is 4.70. The lowest BCUT2D eigenvalue weighted by Crippen LogP contribution is -2.03. The maximum atomic E-state index is 4.00. The Hall–Kier alpha value is -1.27. The van der Waals surface area contributed by atoms with Crippen LogP contribution in [0.4, 0.5) is 0 Å². The van der Waals surface area contributed by atoms with E-state index in [9.17, 15) is 0 Å². The Morgan fingerprint density at radius 1 is 1.31 bits per heavy atom. The van der Waals surface area contributed by atoms with Crippen LogP contribution in [0.3, 0.4) is 0 Å². The molecule has 0 radical (unpaired) electrons. The van der Waals surface area contributed by atoms with Gasteiger partial charge in [-0.05, 0) is 25.9 Å². The highest BCUT2D eigenvalue weighted by Gasteiger charge is 1.93. The van der Waals surface area contributed by atoms with Gasteiger partial charge in [0.1, 0.15) is 0 Å². The Kier molecular flexibility index (Phi) is 7.96. The number of nitrogens with zero attached hydrogens (tertiary/aromatic N) is 2. The predicted molar refractivity (Wildman–Crippen MR) is 55.2 cm³/mol. The average Bonchev–Trinajstić information content (AvgIpc) is 2.81. The normalized spacial score (nSPS) is 13.5. The molecule has 1 N–H and O–H groups in total. The molecule has 0 atom stereocenters. The number of terminal acetylenes is 1. The first-order valence-corrected chi connectivity index (χ1v) is 4.35. The van der Waals surface area contributed by atoms with Gasteiger partial charge in [-0.15, -0.1) is 12.8 Å². The summed E-state index contributed by atoms with van der Waals surface area (Å²) in [5, 5.41) is 3.22. The lowest BCUT2D eigenvalue weighted by Gasteiger charge is -1.76. The molecule has 1 fully saturated rings. The van der Waals surface area contributed by atoms with Crippen LogP contribution in [0, 0.1) is 12.8 Å². The van der Waals surface area contributed by atoms with Crippen LogP contribution in [0.5, 0.6) is 0 Å². The molecule has 1 aliphatic heterocycles. The van der Waals surface area contributed by atoms with Crippen molar-refractivity contribution in [2.45, 2.75) is 12.8 Å². The van der Waals surface area contributed by atoms with Crippen LogP contribution in [-0.2, 0) is 7.05 Å². The van der Waals surface area contributed by atoms with Gasteiger partial charge in [-0.1, -0.05) is 0 Å². The van der Waals surface area contributed by atoms with E-state index in [1.54, 1.807) is 12.5 Å². The van der Waals surface area contributed by atoms with Crippen LogP contribution in [0.1, 0.15) is 12.8 Å². The molecule has 72 valence electrons. The van der Waals surface area contributed by atoms with Gasteiger partial charge in [0.15, 0.2) is 0 Å². The third-order valence-corrected chi connectivity index (χ3v) is 1.59. The molecule has 0 saturated carbocycles. The molecule has 2 heterocycles. The molecular weight excluding hydrogens is 162 g/mol. The van der Waals surface area contributed by atoms with E-state index in [1.807, 2.05) is 17.8 Å². The Morgan fingerprint density at radius 3 is 2.08 bits per heavy atom. The SMILES string of the molecule is C#C.C1CCNC1.Cn1ccnc1. The molecule has 1 aromatic rings. The number of aryl methyl sites for hydroxylation is 1.